The van der Waals surface area contributed by atoms with Crippen LogP contribution in [0.4, 0.5) is 4.39 Å². The highest BCUT2D eigenvalue weighted by atomic mass is 32.2. The summed E-state index contributed by atoms with van der Waals surface area (Å²) in [5.41, 5.74) is 2.10. The number of sulfonamides is 1. The molecule has 0 aromatic heterocycles. The van der Waals surface area contributed by atoms with E-state index >= 15 is 0 Å². The van der Waals surface area contributed by atoms with Crippen molar-refractivity contribution in [1.29, 1.82) is 0 Å². The SMILES string of the molecule is O=S(=O)(c1ccc(F)cc1)N1CCCCN2[C@H](C1)[C@@H](c1ccc(C#CC3CCCC3)cc1)[C@@H]2CO. The highest BCUT2D eigenvalue weighted by Crippen LogP contribution is 2.42. The second kappa shape index (κ2) is 10.4. The van der Waals surface area contributed by atoms with Gasteiger partial charge in [0.25, 0.3) is 0 Å². The van der Waals surface area contributed by atoms with E-state index < -0.39 is 15.8 Å². The van der Waals surface area contributed by atoms with Gasteiger partial charge in [0.05, 0.1) is 11.5 Å². The van der Waals surface area contributed by atoms with Crippen LogP contribution >= 0.6 is 0 Å². The first kappa shape index (κ1) is 24.5. The zero-order valence-electron chi connectivity index (χ0n) is 19.9. The van der Waals surface area contributed by atoms with Crippen molar-refractivity contribution in [2.45, 2.75) is 61.4 Å². The van der Waals surface area contributed by atoms with Crippen LogP contribution in [0, 0.1) is 23.6 Å². The minimum atomic E-state index is -3.73. The molecule has 1 N–H and O–H groups in total. The number of halogens is 1. The molecule has 2 heterocycles. The van der Waals surface area contributed by atoms with Crippen molar-refractivity contribution in [2.24, 2.45) is 5.92 Å². The van der Waals surface area contributed by atoms with Gasteiger partial charge in [0.2, 0.25) is 10.0 Å². The Balaban J connectivity index is 1.37. The van der Waals surface area contributed by atoms with Crippen LogP contribution in [-0.2, 0) is 10.0 Å². The third kappa shape index (κ3) is 5.03. The molecule has 0 radical (unpaired) electrons. The van der Waals surface area contributed by atoms with Gasteiger partial charge in [-0.25, -0.2) is 12.8 Å². The first-order chi connectivity index (χ1) is 17.0. The summed E-state index contributed by atoms with van der Waals surface area (Å²) in [6, 6.07) is 13.3. The van der Waals surface area contributed by atoms with Crippen molar-refractivity contribution in [3.63, 3.8) is 0 Å². The molecule has 35 heavy (non-hydrogen) atoms. The molecule has 0 unspecified atom stereocenters. The van der Waals surface area contributed by atoms with Crippen molar-refractivity contribution in [1.82, 2.24) is 9.21 Å². The predicted octanol–water partition coefficient (Wildman–Crippen LogP) is 3.98. The molecule has 1 saturated carbocycles. The van der Waals surface area contributed by atoms with Crippen LogP contribution in [0.3, 0.4) is 0 Å². The molecule has 0 spiro atoms. The van der Waals surface area contributed by atoms with Crippen molar-refractivity contribution in [3.05, 3.63) is 65.5 Å². The van der Waals surface area contributed by atoms with Gasteiger partial charge in [0.1, 0.15) is 5.82 Å². The Morgan fingerprint density at radius 2 is 1.63 bits per heavy atom. The quantitative estimate of drug-likeness (QED) is 0.651. The summed E-state index contributed by atoms with van der Waals surface area (Å²) in [6.07, 6.45) is 6.55. The molecule has 3 aliphatic rings. The molecule has 2 aromatic carbocycles. The zero-order valence-corrected chi connectivity index (χ0v) is 20.8. The number of aliphatic hydroxyl groups is 1. The Labute approximate surface area is 208 Å². The standard InChI is InChI=1S/C28H33FN2O3S/c29-24-13-15-25(16-14-24)35(33,34)30-17-3-4-18-31-26(19-30)28(27(31)20-32)23-11-9-22(10-12-23)8-7-21-5-1-2-6-21/h9-16,21,26-28,32H,1-6,17-20H2/t26-,27+,28-/m1/s1. The average Bonchev–Trinajstić information content (AvgIpc) is 3.36. The lowest BCUT2D eigenvalue weighted by atomic mass is 9.74. The van der Waals surface area contributed by atoms with E-state index in [1.165, 1.54) is 49.9 Å². The molecule has 7 heteroatoms. The van der Waals surface area contributed by atoms with Crippen LogP contribution in [-0.4, -0.2) is 61.1 Å². The topological polar surface area (TPSA) is 60.9 Å². The Kier molecular flexibility index (Phi) is 7.26. The Morgan fingerprint density at radius 3 is 2.31 bits per heavy atom. The zero-order chi connectivity index (χ0) is 24.4. The van der Waals surface area contributed by atoms with E-state index in [-0.39, 0.29) is 29.5 Å². The van der Waals surface area contributed by atoms with E-state index in [1.807, 2.05) is 12.1 Å². The molecule has 1 aliphatic carbocycles. The van der Waals surface area contributed by atoms with E-state index in [9.17, 15) is 17.9 Å². The number of hydrogen-bond acceptors (Lipinski definition) is 4. The predicted molar refractivity (Wildman–Crippen MR) is 134 cm³/mol. The lowest BCUT2D eigenvalue weighted by molar-refractivity contribution is -0.0553. The molecule has 2 aromatic rings. The van der Waals surface area contributed by atoms with Crippen LogP contribution in [0.1, 0.15) is 55.6 Å². The molecule has 3 atom stereocenters. The number of fused-ring (bicyclic) bond motifs is 1. The van der Waals surface area contributed by atoms with E-state index in [1.54, 1.807) is 4.31 Å². The Morgan fingerprint density at radius 1 is 0.943 bits per heavy atom. The Bertz CT molecular complexity index is 1180. The van der Waals surface area contributed by atoms with Gasteiger partial charge in [-0.05, 0) is 74.2 Å². The van der Waals surface area contributed by atoms with Gasteiger partial charge < -0.3 is 5.11 Å². The summed E-state index contributed by atoms with van der Waals surface area (Å²) < 4.78 is 41.7. The summed E-state index contributed by atoms with van der Waals surface area (Å²) in [6.45, 7) is 1.68. The van der Waals surface area contributed by atoms with Gasteiger partial charge in [-0.1, -0.05) is 36.8 Å². The molecule has 186 valence electrons. The summed E-state index contributed by atoms with van der Waals surface area (Å²) in [4.78, 5) is 2.37. The molecule has 5 rings (SSSR count). The molecular weight excluding hydrogens is 463 g/mol. The number of nitrogens with zero attached hydrogens (tertiary/aromatic N) is 2. The van der Waals surface area contributed by atoms with Crippen LogP contribution in [0.2, 0.25) is 0 Å². The minimum absolute atomic E-state index is 0.0157. The maximum Gasteiger partial charge on any atom is 0.243 e. The molecule has 2 aliphatic heterocycles. The summed E-state index contributed by atoms with van der Waals surface area (Å²) in [5, 5.41) is 10.2. The summed E-state index contributed by atoms with van der Waals surface area (Å²) in [7, 11) is -3.73. The van der Waals surface area contributed by atoms with Gasteiger partial charge in [-0.2, -0.15) is 4.31 Å². The van der Waals surface area contributed by atoms with Crippen LogP contribution in [0.25, 0.3) is 0 Å². The minimum Gasteiger partial charge on any atom is -0.395 e. The molecule has 0 bridgehead atoms. The lowest BCUT2D eigenvalue weighted by Crippen LogP contribution is -2.67. The van der Waals surface area contributed by atoms with E-state index in [4.69, 9.17) is 0 Å². The third-order valence-electron chi connectivity index (χ3n) is 7.86. The van der Waals surface area contributed by atoms with Crippen molar-refractivity contribution < 1.29 is 17.9 Å². The Hall–Kier alpha value is -2.24. The number of hydrogen-bond donors (Lipinski definition) is 1. The summed E-state index contributed by atoms with van der Waals surface area (Å²) >= 11 is 0. The average molecular weight is 497 g/mol. The first-order valence-electron chi connectivity index (χ1n) is 12.7. The molecule has 3 fully saturated rings. The molecule has 0 amide bonds. The largest absolute Gasteiger partial charge is 0.395 e. The third-order valence-corrected chi connectivity index (χ3v) is 9.73. The van der Waals surface area contributed by atoms with Gasteiger partial charge in [0.15, 0.2) is 0 Å². The lowest BCUT2D eigenvalue weighted by Gasteiger charge is -2.57. The van der Waals surface area contributed by atoms with Crippen LogP contribution in [0.5, 0.6) is 0 Å². The van der Waals surface area contributed by atoms with Crippen molar-refractivity contribution in [2.75, 3.05) is 26.2 Å². The van der Waals surface area contributed by atoms with E-state index in [2.05, 4.69) is 28.9 Å². The van der Waals surface area contributed by atoms with E-state index in [0.717, 1.165) is 30.5 Å². The number of aliphatic hydroxyl groups excluding tert-OH is 1. The molecule has 2 saturated heterocycles. The number of benzene rings is 2. The normalized spacial score (nSPS) is 26.2. The van der Waals surface area contributed by atoms with Gasteiger partial charge in [-0.3, -0.25) is 4.90 Å². The second-order valence-electron chi connectivity index (χ2n) is 9.98. The molecular formula is C28H33FN2O3S. The van der Waals surface area contributed by atoms with Crippen molar-refractivity contribution >= 4 is 10.0 Å². The fraction of sp³-hybridized carbons (Fsp3) is 0.500. The van der Waals surface area contributed by atoms with Crippen molar-refractivity contribution in [3.8, 4) is 11.8 Å². The monoisotopic (exact) mass is 496 g/mol. The fourth-order valence-corrected chi connectivity index (χ4v) is 7.42. The van der Waals surface area contributed by atoms with E-state index in [0.29, 0.717) is 19.0 Å². The summed E-state index contributed by atoms with van der Waals surface area (Å²) in [5.74, 6) is 6.81. The van der Waals surface area contributed by atoms with Crippen LogP contribution in [0.15, 0.2) is 53.4 Å². The maximum atomic E-state index is 13.4. The molecule has 5 nitrogen and oxygen atoms in total. The van der Waals surface area contributed by atoms with Gasteiger partial charge >= 0.3 is 0 Å². The van der Waals surface area contributed by atoms with Gasteiger partial charge in [-0.15, -0.1) is 0 Å². The smallest absolute Gasteiger partial charge is 0.243 e. The van der Waals surface area contributed by atoms with Crippen LogP contribution < -0.4 is 0 Å². The maximum absolute atomic E-state index is 13.4. The highest BCUT2D eigenvalue weighted by molar-refractivity contribution is 7.89. The number of rotatable bonds is 4. The highest BCUT2D eigenvalue weighted by Gasteiger charge is 2.50. The fourth-order valence-electron chi connectivity index (χ4n) is 5.93. The first-order valence-corrected chi connectivity index (χ1v) is 14.2. The van der Waals surface area contributed by atoms with Gasteiger partial charge in [0, 0.05) is 42.6 Å². The second-order valence-corrected chi connectivity index (χ2v) is 11.9.